The van der Waals surface area contributed by atoms with Gasteiger partial charge in [-0.3, -0.25) is 19.2 Å². The molecule has 2 bridgehead atoms. The summed E-state index contributed by atoms with van der Waals surface area (Å²) in [5, 5.41) is 20.6. The zero-order valence-corrected chi connectivity index (χ0v) is 20.5. The van der Waals surface area contributed by atoms with Gasteiger partial charge < -0.3 is 14.9 Å². The van der Waals surface area contributed by atoms with Gasteiger partial charge in [-0.2, -0.15) is 0 Å². The molecule has 0 aliphatic heterocycles. The van der Waals surface area contributed by atoms with Crippen LogP contribution >= 0.6 is 0 Å². The molecular weight excluding hydrogens is 424 g/mol. The molecular formula is C26H36O7. The van der Waals surface area contributed by atoms with E-state index in [2.05, 4.69) is 13.2 Å². The Labute approximate surface area is 195 Å². The summed E-state index contributed by atoms with van der Waals surface area (Å²) in [6.07, 6.45) is 1.50. The van der Waals surface area contributed by atoms with Crippen molar-refractivity contribution in [2.24, 2.45) is 33.5 Å². The summed E-state index contributed by atoms with van der Waals surface area (Å²) >= 11 is 0. The summed E-state index contributed by atoms with van der Waals surface area (Å²) in [6.45, 7) is 16.8. The molecule has 0 aromatic rings. The number of rotatable bonds is 5. The third-order valence-electron chi connectivity index (χ3n) is 9.59. The zero-order chi connectivity index (χ0) is 25.4. The standard InChI is InChI=1S/C26H36O7/c1-14(2)16-9-12-24(6)17(22(16,4)11-10-18(27)28)13-23(5)15(3)26(24,21(31)33-8)20(30)25(7,32)19(23)29/h16-17,32H,1,3,9-13H2,2,4-8H3,(H,27,28)/t16-,17+,22-,23-,24+,25+,26+/m1/s1. The van der Waals surface area contributed by atoms with Crippen molar-refractivity contribution in [3.8, 4) is 0 Å². The van der Waals surface area contributed by atoms with E-state index in [1.54, 1.807) is 6.92 Å². The summed E-state index contributed by atoms with van der Waals surface area (Å²) in [5.41, 5.74) is -6.22. The summed E-state index contributed by atoms with van der Waals surface area (Å²) in [6, 6.07) is 0. The van der Waals surface area contributed by atoms with Gasteiger partial charge in [0, 0.05) is 6.42 Å². The van der Waals surface area contributed by atoms with E-state index in [0.29, 0.717) is 19.3 Å². The number of ether oxygens (including phenoxy) is 1. The Morgan fingerprint density at radius 3 is 2.21 bits per heavy atom. The van der Waals surface area contributed by atoms with E-state index >= 15 is 0 Å². The summed E-state index contributed by atoms with van der Waals surface area (Å²) in [7, 11) is 1.19. The van der Waals surface area contributed by atoms with Gasteiger partial charge in [0.25, 0.3) is 0 Å². The minimum atomic E-state index is -2.36. The number of esters is 1. The molecule has 0 aromatic carbocycles. The number of hydrogen-bond donors (Lipinski definition) is 2. The number of aliphatic hydroxyl groups is 1. The van der Waals surface area contributed by atoms with Crippen LogP contribution in [0.4, 0.5) is 0 Å². The molecule has 33 heavy (non-hydrogen) atoms. The van der Waals surface area contributed by atoms with Crippen molar-refractivity contribution in [2.45, 2.75) is 72.3 Å². The van der Waals surface area contributed by atoms with Crippen LogP contribution in [0.5, 0.6) is 0 Å². The second-order valence-corrected chi connectivity index (χ2v) is 11.3. The lowest BCUT2D eigenvalue weighted by Gasteiger charge is -2.69. The Morgan fingerprint density at radius 2 is 1.73 bits per heavy atom. The van der Waals surface area contributed by atoms with Crippen LogP contribution in [-0.2, 0) is 23.9 Å². The number of Topliss-reactive ketones (excluding diaryl/α,β-unsaturated/α-hetero) is 2. The molecule has 0 aromatic heterocycles. The summed E-state index contributed by atoms with van der Waals surface area (Å²) in [5.74, 6) is -3.77. The Hall–Kier alpha value is -2.28. The minimum absolute atomic E-state index is 0.0500. The van der Waals surface area contributed by atoms with E-state index in [9.17, 15) is 29.4 Å². The Morgan fingerprint density at radius 1 is 1.15 bits per heavy atom. The number of carbonyl (C=O) groups excluding carboxylic acids is 3. The van der Waals surface area contributed by atoms with Gasteiger partial charge in [0.1, 0.15) is 0 Å². The number of allylic oxidation sites excluding steroid dienone is 1. The molecule has 3 aliphatic carbocycles. The third kappa shape index (κ3) is 2.84. The van der Waals surface area contributed by atoms with Gasteiger partial charge in [-0.1, -0.05) is 32.6 Å². The molecule has 0 spiro atoms. The lowest BCUT2D eigenvalue weighted by molar-refractivity contribution is -0.211. The average Bonchev–Trinajstić information content (AvgIpc) is 2.72. The first-order valence-corrected chi connectivity index (χ1v) is 11.5. The SMILES string of the molecule is C=C(C)[C@H]1CC[C@@]2(C)[C@@H](C[C@]3(C)C(=C)[C@@]2(C(=O)OC)C(=O)[C@@](C)(O)C3=O)[C@]1(C)CCC(=O)O. The van der Waals surface area contributed by atoms with Crippen molar-refractivity contribution in [3.05, 3.63) is 24.3 Å². The second-order valence-electron chi connectivity index (χ2n) is 11.3. The highest BCUT2D eigenvalue weighted by atomic mass is 16.5. The van der Waals surface area contributed by atoms with Crippen LogP contribution in [0.1, 0.15) is 66.7 Å². The van der Waals surface area contributed by atoms with Gasteiger partial charge in [-0.05, 0) is 74.7 Å². The monoisotopic (exact) mass is 460 g/mol. The highest BCUT2D eigenvalue weighted by molar-refractivity contribution is 6.26. The largest absolute Gasteiger partial charge is 0.481 e. The number of aliphatic carboxylic acids is 1. The van der Waals surface area contributed by atoms with Crippen molar-refractivity contribution in [1.29, 1.82) is 0 Å². The first kappa shape index (κ1) is 25.3. The van der Waals surface area contributed by atoms with Crippen LogP contribution in [0, 0.1) is 33.5 Å². The van der Waals surface area contributed by atoms with Crippen LogP contribution in [0.3, 0.4) is 0 Å². The number of carboxylic acids is 1. The van der Waals surface area contributed by atoms with E-state index in [1.165, 1.54) is 7.11 Å². The Balaban J connectivity index is 2.38. The van der Waals surface area contributed by atoms with Crippen LogP contribution < -0.4 is 0 Å². The van der Waals surface area contributed by atoms with Gasteiger partial charge in [0.05, 0.1) is 12.5 Å². The number of fused-ring (bicyclic) bond motifs is 4. The van der Waals surface area contributed by atoms with Crippen LogP contribution in [0.15, 0.2) is 24.3 Å². The third-order valence-corrected chi connectivity index (χ3v) is 9.59. The lowest BCUT2D eigenvalue weighted by Crippen LogP contribution is -2.76. The molecule has 0 saturated heterocycles. The molecule has 0 amide bonds. The van der Waals surface area contributed by atoms with Crippen LogP contribution in [-0.4, -0.2) is 46.4 Å². The number of carboxylic acid groups (broad SMARTS) is 1. The fourth-order valence-electron chi connectivity index (χ4n) is 7.88. The molecule has 7 atom stereocenters. The van der Waals surface area contributed by atoms with Crippen molar-refractivity contribution in [1.82, 2.24) is 0 Å². The highest BCUT2D eigenvalue weighted by Crippen LogP contribution is 2.75. The Bertz CT molecular complexity index is 967. The van der Waals surface area contributed by atoms with E-state index in [0.717, 1.165) is 12.5 Å². The van der Waals surface area contributed by atoms with Crippen LogP contribution in [0.2, 0.25) is 0 Å². The molecule has 7 nitrogen and oxygen atoms in total. The molecule has 0 unspecified atom stereocenters. The summed E-state index contributed by atoms with van der Waals surface area (Å²) in [4.78, 5) is 52.6. The van der Waals surface area contributed by atoms with Gasteiger partial charge in [-0.25, -0.2) is 0 Å². The maximum atomic E-state index is 14.0. The normalized spacial score (nSPS) is 44.8. The molecule has 0 heterocycles. The highest BCUT2D eigenvalue weighted by Gasteiger charge is 2.80. The number of carbonyl (C=O) groups is 4. The molecule has 3 aliphatic rings. The molecule has 3 saturated carbocycles. The molecule has 7 heteroatoms. The fraction of sp³-hybridized carbons (Fsp3) is 0.692. The lowest BCUT2D eigenvalue weighted by atomic mass is 9.31. The molecule has 3 rings (SSSR count). The van der Waals surface area contributed by atoms with Gasteiger partial charge >= 0.3 is 11.9 Å². The number of ketones is 2. The van der Waals surface area contributed by atoms with Gasteiger partial charge in [0.15, 0.2) is 22.6 Å². The first-order chi connectivity index (χ1) is 15.0. The number of hydrogen-bond acceptors (Lipinski definition) is 6. The topological polar surface area (TPSA) is 118 Å². The van der Waals surface area contributed by atoms with E-state index < -0.39 is 56.7 Å². The van der Waals surface area contributed by atoms with Gasteiger partial charge in [0.2, 0.25) is 0 Å². The quantitative estimate of drug-likeness (QED) is 0.366. The predicted octanol–water partition coefficient (Wildman–Crippen LogP) is 3.49. The Kier molecular flexibility index (Phi) is 5.65. The van der Waals surface area contributed by atoms with Crippen molar-refractivity contribution in [2.75, 3.05) is 7.11 Å². The van der Waals surface area contributed by atoms with E-state index in [-0.39, 0.29) is 24.3 Å². The minimum Gasteiger partial charge on any atom is -0.481 e. The van der Waals surface area contributed by atoms with Crippen molar-refractivity contribution in [3.63, 3.8) is 0 Å². The van der Waals surface area contributed by atoms with Crippen LogP contribution in [0.25, 0.3) is 0 Å². The van der Waals surface area contributed by atoms with E-state index in [1.807, 2.05) is 20.8 Å². The fourth-order valence-corrected chi connectivity index (χ4v) is 7.88. The zero-order valence-electron chi connectivity index (χ0n) is 20.5. The van der Waals surface area contributed by atoms with Crippen molar-refractivity contribution >= 4 is 23.5 Å². The van der Waals surface area contributed by atoms with Crippen molar-refractivity contribution < 1.29 is 34.1 Å². The number of methoxy groups -OCH3 is 1. The first-order valence-electron chi connectivity index (χ1n) is 11.5. The smallest absolute Gasteiger partial charge is 0.324 e. The predicted molar refractivity (Wildman–Crippen MR) is 121 cm³/mol. The maximum Gasteiger partial charge on any atom is 0.324 e. The second kappa shape index (κ2) is 7.36. The summed E-state index contributed by atoms with van der Waals surface area (Å²) < 4.78 is 5.18. The molecule has 0 radical (unpaired) electrons. The molecule has 182 valence electrons. The molecule has 3 fully saturated rings. The van der Waals surface area contributed by atoms with Gasteiger partial charge in [-0.15, -0.1) is 0 Å². The average molecular weight is 461 g/mol. The maximum absolute atomic E-state index is 14.0. The molecule has 2 N–H and O–H groups in total. The van der Waals surface area contributed by atoms with E-state index in [4.69, 9.17) is 4.74 Å².